The lowest BCUT2D eigenvalue weighted by atomic mass is 10.0. The lowest BCUT2D eigenvalue weighted by Gasteiger charge is -2.06. The van der Waals surface area contributed by atoms with E-state index in [0.717, 1.165) is 37.9 Å². The minimum Gasteiger partial charge on any atom is -0.366 e. The standard InChI is InChI=1S/C22H17FN4OS/c23-17-4-1-13(2-5-17)10-27-11-16(7-15-9-25-22-20(15)29-12-26-22)18-8-14(21(24)28)3-6-19(18)27/h1-6,8-9,11-12,25H,7,10H2,(H2,24,28). The molecule has 0 fully saturated rings. The summed E-state index contributed by atoms with van der Waals surface area (Å²) >= 11 is 1.61. The Hall–Kier alpha value is -3.45. The normalized spacial score (nSPS) is 11.5. The number of benzene rings is 2. The molecule has 5 aromatic rings. The minimum atomic E-state index is -0.448. The van der Waals surface area contributed by atoms with Crippen molar-refractivity contribution >= 4 is 38.5 Å². The Kier molecular flexibility index (Phi) is 4.17. The van der Waals surface area contributed by atoms with Crippen LogP contribution in [0.15, 0.2) is 60.4 Å². The molecule has 3 heterocycles. The van der Waals surface area contributed by atoms with Crippen molar-refractivity contribution in [1.29, 1.82) is 0 Å². The van der Waals surface area contributed by atoms with Crippen molar-refractivity contribution in [3.63, 3.8) is 0 Å². The largest absolute Gasteiger partial charge is 0.366 e. The lowest BCUT2D eigenvalue weighted by molar-refractivity contribution is 0.100. The Bertz CT molecular complexity index is 1350. The van der Waals surface area contributed by atoms with E-state index in [-0.39, 0.29) is 5.82 Å². The number of fused-ring (bicyclic) bond motifs is 2. The van der Waals surface area contributed by atoms with Crippen molar-refractivity contribution in [1.82, 2.24) is 14.5 Å². The van der Waals surface area contributed by atoms with Crippen molar-refractivity contribution in [3.8, 4) is 0 Å². The molecule has 0 saturated carbocycles. The molecule has 0 spiro atoms. The number of nitrogens with zero attached hydrogens (tertiary/aromatic N) is 2. The van der Waals surface area contributed by atoms with Gasteiger partial charge in [-0.15, -0.1) is 11.3 Å². The second-order valence-electron chi connectivity index (χ2n) is 7.03. The molecule has 0 aliphatic heterocycles. The summed E-state index contributed by atoms with van der Waals surface area (Å²) in [5.41, 5.74) is 13.0. The van der Waals surface area contributed by atoms with E-state index in [2.05, 4.69) is 20.7 Å². The van der Waals surface area contributed by atoms with Crippen LogP contribution in [0.3, 0.4) is 0 Å². The van der Waals surface area contributed by atoms with Gasteiger partial charge in [0.2, 0.25) is 5.91 Å². The van der Waals surface area contributed by atoms with Crippen LogP contribution in [0.1, 0.15) is 27.0 Å². The number of hydrogen-bond acceptors (Lipinski definition) is 3. The third-order valence-corrected chi connectivity index (χ3v) is 6.04. The zero-order valence-corrected chi connectivity index (χ0v) is 16.2. The zero-order chi connectivity index (χ0) is 20.0. The number of rotatable bonds is 5. The third kappa shape index (κ3) is 3.19. The molecular weight excluding hydrogens is 387 g/mol. The quantitative estimate of drug-likeness (QED) is 0.454. The molecular formula is C22H17FN4OS. The van der Waals surface area contributed by atoms with E-state index in [1.54, 1.807) is 29.5 Å². The van der Waals surface area contributed by atoms with E-state index < -0.39 is 5.91 Å². The molecule has 1 amide bonds. The van der Waals surface area contributed by atoms with Gasteiger partial charge < -0.3 is 15.3 Å². The Morgan fingerprint density at radius 2 is 2.00 bits per heavy atom. The highest BCUT2D eigenvalue weighted by molar-refractivity contribution is 7.16. The summed E-state index contributed by atoms with van der Waals surface area (Å²) in [4.78, 5) is 19.2. The van der Waals surface area contributed by atoms with E-state index in [0.29, 0.717) is 18.5 Å². The number of carbonyl (C=O) groups is 1. The first kappa shape index (κ1) is 17.6. The van der Waals surface area contributed by atoms with Crippen LogP contribution >= 0.6 is 11.3 Å². The first-order chi connectivity index (χ1) is 14.1. The number of aromatic nitrogens is 3. The van der Waals surface area contributed by atoms with Gasteiger partial charge in [0.05, 0.1) is 10.2 Å². The fourth-order valence-electron chi connectivity index (χ4n) is 3.72. The molecule has 3 N–H and O–H groups in total. The van der Waals surface area contributed by atoms with Gasteiger partial charge in [-0.3, -0.25) is 4.79 Å². The van der Waals surface area contributed by atoms with Gasteiger partial charge in [-0.2, -0.15) is 0 Å². The average Bonchev–Trinajstić information content (AvgIpc) is 3.40. The summed E-state index contributed by atoms with van der Waals surface area (Å²) in [5, 5.41) is 0.988. The summed E-state index contributed by atoms with van der Waals surface area (Å²) in [6, 6.07) is 12.0. The molecule has 5 nitrogen and oxygen atoms in total. The van der Waals surface area contributed by atoms with Gasteiger partial charge >= 0.3 is 0 Å². The van der Waals surface area contributed by atoms with Gasteiger partial charge in [0.25, 0.3) is 0 Å². The Morgan fingerprint density at radius 1 is 1.17 bits per heavy atom. The van der Waals surface area contributed by atoms with Crippen molar-refractivity contribution in [2.75, 3.05) is 0 Å². The maximum atomic E-state index is 13.3. The predicted octanol–water partition coefficient (Wildman–Crippen LogP) is 4.46. The maximum Gasteiger partial charge on any atom is 0.248 e. The summed E-state index contributed by atoms with van der Waals surface area (Å²) < 4.78 is 16.5. The monoisotopic (exact) mass is 404 g/mol. The number of nitrogens with two attached hydrogens (primary N) is 1. The van der Waals surface area contributed by atoms with Gasteiger partial charge in [-0.25, -0.2) is 9.37 Å². The number of primary amides is 1. The zero-order valence-electron chi connectivity index (χ0n) is 15.4. The average molecular weight is 404 g/mol. The molecule has 7 heteroatoms. The Balaban J connectivity index is 1.61. The van der Waals surface area contributed by atoms with Crippen molar-refractivity contribution in [2.45, 2.75) is 13.0 Å². The molecule has 0 aliphatic rings. The highest BCUT2D eigenvalue weighted by atomic mass is 32.1. The van der Waals surface area contributed by atoms with Crippen LogP contribution in [0.4, 0.5) is 4.39 Å². The Labute approximate surface area is 169 Å². The molecule has 0 aliphatic carbocycles. The predicted molar refractivity (Wildman–Crippen MR) is 113 cm³/mol. The SMILES string of the molecule is NC(=O)c1ccc2c(c1)c(Cc1c[nH]c3ncsc13)cn2Cc1ccc(F)cc1. The van der Waals surface area contributed by atoms with Crippen LogP contribution in [-0.4, -0.2) is 20.4 Å². The van der Waals surface area contributed by atoms with Crippen LogP contribution in [0, 0.1) is 5.82 Å². The van der Waals surface area contributed by atoms with Crippen molar-refractivity contribution < 1.29 is 9.18 Å². The van der Waals surface area contributed by atoms with E-state index in [4.69, 9.17) is 5.73 Å². The van der Waals surface area contributed by atoms with Crippen molar-refractivity contribution in [2.24, 2.45) is 5.73 Å². The number of H-pyrrole nitrogens is 1. The van der Waals surface area contributed by atoms with Gasteiger partial charge in [0, 0.05) is 41.8 Å². The maximum absolute atomic E-state index is 13.3. The molecule has 5 rings (SSSR count). The fraction of sp³-hybridized carbons (Fsp3) is 0.0909. The van der Waals surface area contributed by atoms with Gasteiger partial charge in [0.1, 0.15) is 11.5 Å². The molecule has 2 aromatic carbocycles. The first-order valence-electron chi connectivity index (χ1n) is 9.14. The molecule has 0 bridgehead atoms. The molecule has 0 atom stereocenters. The number of hydrogen-bond donors (Lipinski definition) is 2. The molecule has 144 valence electrons. The molecule has 0 saturated heterocycles. The molecule has 0 radical (unpaired) electrons. The summed E-state index contributed by atoms with van der Waals surface area (Å²) in [7, 11) is 0. The highest BCUT2D eigenvalue weighted by Gasteiger charge is 2.14. The Morgan fingerprint density at radius 3 is 2.79 bits per heavy atom. The first-order valence-corrected chi connectivity index (χ1v) is 10.0. The smallest absolute Gasteiger partial charge is 0.248 e. The number of carbonyl (C=O) groups excluding carboxylic acids is 1. The van der Waals surface area contributed by atoms with Crippen molar-refractivity contribution in [3.05, 3.63) is 88.4 Å². The summed E-state index contributed by atoms with van der Waals surface area (Å²) in [6.45, 7) is 0.607. The van der Waals surface area contributed by atoms with E-state index >= 15 is 0 Å². The van der Waals surface area contributed by atoms with Crippen LogP contribution in [0.2, 0.25) is 0 Å². The third-order valence-electron chi connectivity index (χ3n) is 5.14. The van der Waals surface area contributed by atoms with E-state index in [1.165, 1.54) is 12.1 Å². The van der Waals surface area contributed by atoms with E-state index in [1.807, 2.05) is 23.8 Å². The topological polar surface area (TPSA) is 76.7 Å². The van der Waals surface area contributed by atoms with Gasteiger partial charge in [-0.1, -0.05) is 12.1 Å². The van der Waals surface area contributed by atoms with Crippen LogP contribution < -0.4 is 5.73 Å². The van der Waals surface area contributed by atoms with E-state index in [9.17, 15) is 9.18 Å². The lowest BCUT2D eigenvalue weighted by Crippen LogP contribution is -2.10. The van der Waals surface area contributed by atoms with Gasteiger partial charge in [0.15, 0.2) is 0 Å². The van der Waals surface area contributed by atoms with Crippen LogP contribution in [0.5, 0.6) is 0 Å². The molecule has 29 heavy (non-hydrogen) atoms. The highest BCUT2D eigenvalue weighted by Crippen LogP contribution is 2.29. The number of thiazole rings is 1. The number of amides is 1. The summed E-state index contributed by atoms with van der Waals surface area (Å²) in [6.07, 6.45) is 4.78. The number of nitrogens with one attached hydrogen (secondary N) is 1. The number of aromatic amines is 1. The van der Waals surface area contributed by atoms with Gasteiger partial charge in [-0.05, 0) is 47.0 Å². The van der Waals surface area contributed by atoms with Crippen LogP contribution in [0.25, 0.3) is 21.3 Å². The number of halogens is 1. The summed E-state index contributed by atoms with van der Waals surface area (Å²) in [5.74, 6) is -0.699. The molecule has 0 unspecified atom stereocenters. The fourth-order valence-corrected chi connectivity index (χ4v) is 4.49. The second-order valence-corrected chi connectivity index (χ2v) is 7.88. The van der Waals surface area contributed by atoms with Crippen LogP contribution in [-0.2, 0) is 13.0 Å². The minimum absolute atomic E-state index is 0.251. The molecule has 3 aromatic heterocycles. The second kappa shape index (κ2) is 6.86.